The Morgan fingerprint density at radius 3 is 2.40 bits per heavy atom. The number of nitrogens with one attached hydrogen (secondary N) is 1. The molecule has 0 saturated carbocycles. The third-order valence-corrected chi connectivity index (χ3v) is 6.61. The van der Waals surface area contributed by atoms with Crippen molar-refractivity contribution in [1.82, 2.24) is 19.5 Å². The summed E-state index contributed by atoms with van der Waals surface area (Å²) in [6, 6.07) is 9.09. The Balaban J connectivity index is 1.55. The van der Waals surface area contributed by atoms with Gasteiger partial charge in [-0.15, -0.1) is 0 Å². The van der Waals surface area contributed by atoms with E-state index in [1.54, 1.807) is 30.3 Å². The van der Waals surface area contributed by atoms with Crippen molar-refractivity contribution in [3.05, 3.63) is 59.9 Å². The molecule has 1 aromatic heterocycles. The quantitative estimate of drug-likeness (QED) is 0.693. The maximum Gasteiger partial charge on any atom is 0.338 e. The molecule has 1 aromatic carbocycles. The van der Waals surface area contributed by atoms with E-state index < -0.39 is 16.0 Å². The van der Waals surface area contributed by atoms with Crippen LogP contribution in [0.1, 0.15) is 22.8 Å². The van der Waals surface area contributed by atoms with Gasteiger partial charge in [0, 0.05) is 45.1 Å². The summed E-state index contributed by atoms with van der Waals surface area (Å²) in [5.74, 6) is -0.493. The van der Waals surface area contributed by atoms with Crippen molar-refractivity contribution in [3.63, 3.8) is 0 Å². The van der Waals surface area contributed by atoms with Gasteiger partial charge >= 0.3 is 12.0 Å². The number of urea groups is 1. The predicted octanol–water partition coefficient (Wildman–Crippen LogP) is 1.47. The van der Waals surface area contributed by atoms with Crippen LogP contribution >= 0.6 is 0 Å². The van der Waals surface area contributed by atoms with E-state index >= 15 is 0 Å². The Bertz CT molecular complexity index is 972. The second-order valence-electron chi connectivity index (χ2n) is 6.66. The summed E-state index contributed by atoms with van der Waals surface area (Å²) in [7, 11) is -3.71. The number of piperazine rings is 1. The average Bonchev–Trinajstić information content (AvgIpc) is 2.78. The van der Waals surface area contributed by atoms with Crippen LogP contribution in [0, 0.1) is 0 Å². The number of hydrogen-bond acceptors (Lipinski definition) is 6. The van der Waals surface area contributed by atoms with Gasteiger partial charge in [-0.05, 0) is 42.8 Å². The molecule has 160 valence electrons. The maximum atomic E-state index is 12.9. The van der Waals surface area contributed by atoms with Crippen LogP contribution in [-0.4, -0.2) is 67.4 Å². The second kappa shape index (κ2) is 9.68. The van der Waals surface area contributed by atoms with Crippen molar-refractivity contribution in [3.8, 4) is 0 Å². The molecule has 1 saturated heterocycles. The van der Waals surface area contributed by atoms with Crippen molar-refractivity contribution in [2.45, 2.75) is 18.4 Å². The lowest BCUT2D eigenvalue weighted by Gasteiger charge is -2.34. The van der Waals surface area contributed by atoms with Gasteiger partial charge in [-0.1, -0.05) is 6.07 Å². The van der Waals surface area contributed by atoms with Gasteiger partial charge in [0.05, 0.1) is 17.1 Å². The molecule has 0 unspecified atom stereocenters. The molecule has 2 heterocycles. The summed E-state index contributed by atoms with van der Waals surface area (Å²) < 4.78 is 32.0. The number of carbonyl (C=O) groups excluding carboxylic acids is 2. The standard InChI is InChI=1S/C20H24N4O5S/c1-2-29-19(25)17-5-7-18(8-6-17)30(27,28)24-12-10-23(11-13-24)20(26)22-15-16-4-3-9-21-14-16/h3-9,14H,2,10-13,15H2,1H3,(H,22,26). The minimum atomic E-state index is -3.71. The Kier molecular flexibility index (Phi) is 7.01. The minimum Gasteiger partial charge on any atom is -0.462 e. The Morgan fingerprint density at radius 1 is 1.10 bits per heavy atom. The second-order valence-corrected chi connectivity index (χ2v) is 8.59. The first-order chi connectivity index (χ1) is 14.4. The van der Waals surface area contributed by atoms with Gasteiger partial charge in [-0.3, -0.25) is 4.98 Å². The number of benzene rings is 1. The fourth-order valence-corrected chi connectivity index (χ4v) is 4.47. The zero-order valence-electron chi connectivity index (χ0n) is 16.7. The molecule has 0 atom stereocenters. The lowest BCUT2D eigenvalue weighted by Crippen LogP contribution is -2.52. The number of amides is 2. The molecule has 2 amide bonds. The molecule has 3 rings (SSSR count). The summed E-state index contributed by atoms with van der Waals surface area (Å²) in [6.07, 6.45) is 3.34. The van der Waals surface area contributed by atoms with Gasteiger partial charge in [0.25, 0.3) is 0 Å². The van der Waals surface area contributed by atoms with E-state index in [1.807, 2.05) is 6.07 Å². The van der Waals surface area contributed by atoms with Crippen molar-refractivity contribution in [2.75, 3.05) is 32.8 Å². The Morgan fingerprint density at radius 2 is 1.80 bits per heavy atom. The van der Waals surface area contributed by atoms with Crippen LogP contribution in [0.4, 0.5) is 4.79 Å². The van der Waals surface area contributed by atoms with E-state index in [1.165, 1.54) is 28.6 Å². The number of nitrogens with zero attached hydrogens (tertiary/aromatic N) is 3. The van der Waals surface area contributed by atoms with E-state index in [0.717, 1.165) is 5.56 Å². The van der Waals surface area contributed by atoms with Crippen molar-refractivity contribution in [2.24, 2.45) is 0 Å². The Hall–Kier alpha value is -2.98. The van der Waals surface area contributed by atoms with Gasteiger partial charge in [0.2, 0.25) is 10.0 Å². The summed E-state index contributed by atoms with van der Waals surface area (Å²) in [6.45, 7) is 3.29. The highest BCUT2D eigenvalue weighted by molar-refractivity contribution is 7.89. The summed E-state index contributed by atoms with van der Waals surface area (Å²) in [4.78, 5) is 29.7. The van der Waals surface area contributed by atoms with E-state index in [9.17, 15) is 18.0 Å². The van der Waals surface area contributed by atoms with Crippen LogP contribution in [0.5, 0.6) is 0 Å². The van der Waals surface area contributed by atoms with Crippen LogP contribution < -0.4 is 5.32 Å². The third kappa shape index (κ3) is 5.14. The number of carbonyl (C=O) groups is 2. The third-order valence-electron chi connectivity index (χ3n) is 4.70. The fourth-order valence-electron chi connectivity index (χ4n) is 3.05. The molecule has 2 aromatic rings. The molecule has 10 heteroatoms. The highest BCUT2D eigenvalue weighted by atomic mass is 32.2. The number of hydrogen-bond donors (Lipinski definition) is 1. The van der Waals surface area contributed by atoms with Crippen LogP contribution in [0.3, 0.4) is 0 Å². The number of sulfonamides is 1. The molecule has 1 aliphatic rings. The maximum absolute atomic E-state index is 12.9. The Labute approximate surface area is 175 Å². The van der Waals surface area contributed by atoms with Gasteiger partial charge in [-0.2, -0.15) is 4.31 Å². The molecular weight excluding hydrogens is 408 g/mol. The number of ether oxygens (including phenoxy) is 1. The predicted molar refractivity (Wildman–Crippen MR) is 109 cm³/mol. The van der Waals surface area contributed by atoms with Crippen LogP contribution in [0.15, 0.2) is 53.7 Å². The number of esters is 1. The average molecular weight is 433 g/mol. The molecule has 1 N–H and O–H groups in total. The summed E-state index contributed by atoms with van der Waals surface area (Å²) in [5.41, 5.74) is 1.18. The normalized spacial score (nSPS) is 14.9. The highest BCUT2D eigenvalue weighted by Gasteiger charge is 2.30. The first-order valence-corrected chi connectivity index (χ1v) is 11.0. The van der Waals surface area contributed by atoms with Crippen molar-refractivity contribution >= 4 is 22.0 Å². The van der Waals surface area contributed by atoms with Crippen LogP contribution in [0.2, 0.25) is 0 Å². The fraction of sp³-hybridized carbons (Fsp3) is 0.350. The molecule has 1 aliphatic heterocycles. The number of aromatic nitrogens is 1. The molecular formula is C20H24N4O5S. The molecule has 30 heavy (non-hydrogen) atoms. The summed E-state index contributed by atoms with van der Waals surface area (Å²) in [5, 5.41) is 2.82. The lowest BCUT2D eigenvalue weighted by molar-refractivity contribution is 0.0526. The molecule has 0 bridgehead atoms. The highest BCUT2D eigenvalue weighted by Crippen LogP contribution is 2.19. The molecule has 0 spiro atoms. The van der Waals surface area contributed by atoms with E-state index in [4.69, 9.17) is 4.74 Å². The lowest BCUT2D eigenvalue weighted by atomic mass is 10.2. The zero-order chi connectivity index (χ0) is 21.6. The first-order valence-electron chi connectivity index (χ1n) is 9.61. The monoisotopic (exact) mass is 432 g/mol. The smallest absolute Gasteiger partial charge is 0.338 e. The molecule has 0 radical (unpaired) electrons. The van der Waals surface area contributed by atoms with E-state index in [2.05, 4.69) is 10.3 Å². The van der Waals surface area contributed by atoms with Gasteiger partial charge in [0.15, 0.2) is 0 Å². The van der Waals surface area contributed by atoms with Crippen LogP contribution in [0.25, 0.3) is 0 Å². The first kappa shape index (κ1) is 21.7. The van der Waals surface area contributed by atoms with E-state index in [-0.39, 0.29) is 30.6 Å². The van der Waals surface area contributed by atoms with Gasteiger partial charge in [0.1, 0.15) is 0 Å². The van der Waals surface area contributed by atoms with E-state index in [0.29, 0.717) is 25.2 Å². The minimum absolute atomic E-state index is 0.102. The molecule has 9 nitrogen and oxygen atoms in total. The number of pyridine rings is 1. The summed E-state index contributed by atoms with van der Waals surface area (Å²) >= 11 is 0. The van der Waals surface area contributed by atoms with Crippen molar-refractivity contribution in [1.29, 1.82) is 0 Å². The van der Waals surface area contributed by atoms with Gasteiger partial charge in [-0.25, -0.2) is 18.0 Å². The van der Waals surface area contributed by atoms with Gasteiger partial charge < -0.3 is 15.0 Å². The largest absolute Gasteiger partial charge is 0.462 e. The zero-order valence-corrected chi connectivity index (χ0v) is 17.5. The molecule has 1 fully saturated rings. The molecule has 0 aliphatic carbocycles. The van der Waals surface area contributed by atoms with Crippen LogP contribution in [-0.2, 0) is 21.3 Å². The van der Waals surface area contributed by atoms with Crippen molar-refractivity contribution < 1.29 is 22.7 Å². The number of rotatable bonds is 6. The SMILES string of the molecule is CCOC(=O)c1ccc(S(=O)(=O)N2CCN(C(=O)NCc3cccnc3)CC2)cc1. The topological polar surface area (TPSA) is 109 Å².